The topological polar surface area (TPSA) is 56.1 Å². The number of carbonyl (C=O) groups excluding carboxylic acids is 1. The van der Waals surface area contributed by atoms with Crippen molar-refractivity contribution in [3.8, 4) is 6.07 Å². The highest BCUT2D eigenvalue weighted by molar-refractivity contribution is 6.31. The number of fused-ring (bicyclic) bond motifs is 1. The molecule has 0 radical (unpaired) electrons. The Morgan fingerprint density at radius 2 is 1.97 bits per heavy atom. The van der Waals surface area contributed by atoms with Gasteiger partial charge in [0.05, 0.1) is 5.54 Å². The van der Waals surface area contributed by atoms with Gasteiger partial charge in [-0.2, -0.15) is 5.26 Å². The van der Waals surface area contributed by atoms with Gasteiger partial charge in [0, 0.05) is 28.5 Å². The summed E-state index contributed by atoms with van der Waals surface area (Å²) in [7, 11) is 0. The molecule has 0 aromatic heterocycles. The molecule has 160 valence electrons. The van der Waals surface area contributed by atoms with Crippen molar-refractivity contribution >= 4 is 40.5 Å². The highest BCUT2D eigenvalue weighted by Crippen LogP contribution is 2.39. The zero-order valence-corrected chi connectivity index (χ0v) is 19.5. The van der Waals surface area contributed by atoms with Crippen LogP contribution >= 0.6 is 11.6 Å². The number of aryl methyl sites for hydroxylation is 1. The number of nitrogens with one attached hydrogen (secondary N) is 1. The van der Waals surface area contributed by atoms with Crippen LogP contribution in [0.25, 0.3) is 11.6 Å². The van der Waals surface area contributed by atoms with E-state index in [1.807, 2.05) is 31.2 Å². The summed E-state index contributed by atoms with van der Waals surface area (Å²) in [6.45, 7) is 11.6. The summed E-state index contributed by atoms with van der Waals surface area (Å²) in [5.74, 6) is -0.452. The minimum atomic E-state index is -0.452. The van der Waals surface area contributed by atoms with Crippen LogP contribution in [-0.4, -0.2) is 18.0 Å². The third-order valence-corrected chi connectivity index (χ3v) is 5.81. The SMILES string of the molecule is CCCN1c2ccc(/C=C(\C#N)C(=O)Nc3cc(Cl)ccc3C)cc2C(C)=CC1(C)C. The molecule has 1 aliphatic rings. The molecule has 1 N–H and O–H groups in total. The highest BCUT2D eigenvalue weighted by atomic mass is 35.5. The number of hydrogen-bond acceptors (Lipinski definition) is 3. The van der Waals surface area contributed by atoms with Gasteiger partial charge in [-0.3, -0.25) is 4.79 Å². The first kappa shape index (κ1) is 22.7. The molecule has 3 rings (SSSR count). The quantitative estimate of drug-likeness (QED) is 0.426. The second-order valence-electron chi connectivity index (χ2n) is 8.49. The van der Waals surface area contributed by atoms with Crippen molar-refractivity contribution in [1.29, 1.82) is 5.26 Å². The van der Waals surface area contributed by atoms with Crippen LogP contribution in [0.3, 0.4) is 0 Å². The molecule has 1 heterocycles. The lowest BCUT2D eigenvalue weighted by atomic mass is 9.87. The molecular weight excluding hydrogens is 406 g/mol. The third kappa shape index (κ3) is 4.84. The normalized spacial score (nSPS) is 15.1. The van der Waals surface area contributed by atoms with Crippen molar-refractivity contribution in [3.63, 3.8) is 0 Å². The van der Waals surface area contributed by atoms with Gasteiger partial charge in [-0.05, 0) is 81.2 Å². The molecular formula is C26H28ClN3O. The summed E-state index contributed by atoms with van der Waals surface area (Å²) in [5, 5.41) is 12.9. The van der Waals surface area contributed by atoms with Gasteiger partial charge in [0.15, 0.2) is 0 Å². The first-order chi connectivity index (χ1) is 14.7. The Kier molecular flexibility index (Phi) is 6.57. The molecule has 1 aliphatic heterocycles. The Morgan fingerprint density at radius 1 is 1.23 bits per heavy atom. The molecule has 5 heteroatoms. The molecule has 4 nitrogen and oxygen atoms in total. The Morgan fingerprint density at radius 3 is 2.65 bits per heavy atom. The van der Waals surface area contributed by atoms with E-state index in [9.17, 15) is 10.1 Å². The molecule has 0 unspecified atom stereocenters. The number of benzene rings is 2. The molecule has 0 fully saturated rings. The van der Waals surface area contributed by atoms with Gasteiger partial charge in [-0.25, -0.2) is 0 Å². The Balaban J connectivity index is 1.94. The Labute approximate surface area is 189 Å². The second kappa shape index (κ2) is 8.99. The van der Waals surface area contributed by atoms with Crippen LogP contribution < -0.4 is 10.2 Å². The number of amides is 1. The van der Waals surface area contributed by atoms with E-state index in [0.717, 1.165) is 29.7 Å². The lowest BCUT2D eigenvalue weighted by Crippen LogP contribution is -2.45. The summed E-state index contributed by atoms with van der Waals surface area (Å²) >= 11 is 6.04. The van der Waals surface area contributed by atoms with E-state index in [0.29, 0.717) is 10.7 Å². The number of hydrogen-bond donors (Lipinski definition) is 1. The number of nitriles is 1. The summed E-state index contributed by atoms with van der Waals surface area (Å²) < 4.78 is 0. The van der Waals surface area contributed by atoms with E-state index in [1.54, 1.807) is 18.2 Å². The van der Waals surface area contributed by atoms with Gasteiger partial charge >= 0.3 is 0 Å². The maximum absolute atomic E-state index is 12.7. The molecule has 0 saturated carbocycles. The predicted octanol–water partition coefficient (Wildman–Crippen LogP) is 6.61. The summed E-state index contributed by atoms with van der Waals surface area (Å²) in [6, 6.07) is 13.4. The molecule has 31 heavy (non-hydrogen) atoms. The molecule has 0 bridgehead atoms. The fourth-order valence-corrected chi connectivity index (χ4v) is 4.23. The van der Waals surface area contributed by atoms with Gasteiger partial charge in [-0.1, -0.05) is 36.7 Å². The molecule has 2 aromatic rings. The summed E-state index contributed by atoms with van der Waals surface area (Å²) in [6.07, 6.45) is 4.96. The minimum Gasteiger partial charge on any atom is -0.362 e. The van der Waals surface area contributed by atoms with Gasteiger partial charge in [-0.15, -0.1) is 0 Å². The molecule has 0 atom stereocenters. The van der Waals surface area contributed by atoms with Crippen LogP contribution in [0.2, 0.25) is 5.02 Å². The zero-order valence-electron chi connectivity index (χ0n) is 18.7. The van der Waals surface area contributed by atoms with Crippen LogP contribution in [0.4, 0.5) is 11.4 Å². The largest absolute Gasteiger partial charge is 0.362 e. The van der Waals surface area contributed by atoms with Gasteiger partial charge < -0.3 is 10.2 Å². The molecule has 0 aliphatic carbocycles. The van der Waals surface area contributed by atoms with Crippen LogP contribution in [-0.2, 0) is 4.79 Å². The highest BCUT2D eigenvalue weighted by Gasteiger charge is 2.30. The standard InChI is InChI=1S/C26H28ClN3O/c1-6-11-30-24-10-8-19(13-22(24)18(3)15-26(30,4)5)12-20(16-28)25(31)29-23-14-21(27)9-7-17(23)2/h7-10,12-15H,6,11H2,1-5H3,(H,29,31)/b20-12+. The molecule has 0 saturated heterocycles. The third-order valence-electron chi connectivity index (χ3n) is 5.57. The lowest BCUT2D eigenvalue weighted by molar-refractivity contribution is -0.112. The predicted molar refractivity (Wildman–Crippen MR) is 130 cm³/mol. The Hall–Kier alpha value is -3.03. The van der Waals surface area contributed by atoms with Crippen molar-refractivity contribution < 1.29 is 4.79 Å². The first-order valence-corrected chi connectivity index (χ1v) is 10.8. The van der Waals surface area contributed by atoms with Crippen LogP contribution in [0.5, 0.6) is 0 Å². The van der Waals surface area contributed by atoms with E-state index in [1.165, 1.54) is 11.3 Å². The van der Waals surface area contributed by atoms with Crippen LogP contribution in [0.15, 0.2) is 48.0 Å². The van der Waals surface area contributed by atoms with Crippen molar-refractivity contribution in [2.45, 2.75) is 46.6 Å². The van der Waals surface area contributed by atoms with Crippen molar-refractivity contribution in [2.75, 3.05) is 16.8 Å². The molecule has 1 amide bonds. The number of rotatable bonds is 5. The zero-order chi connectivity index (χ0) is 22.8. The van der Waals surface area contributed by atoms with E-state index in [4.69, 9.17) is 11.6 Å². The average Bonchev–Trinajstić information content (AvgIpc) is 2.71. The fourth-order valence-electron chi connectivity index (χ4n) is 4.06. The van der Waals surface area contributed by atoms with Crippen LogP contribution in [0, 0.1) is 18.3 Å². The summed E-state index contributed by atoms with van der Waals surface area (Å²) in [5.41, 5.74) is 5.78. The number of halogens is 1. The van der Waals surface area contributed by atoms with E-state index in [-0.39, 0.29) is 11.1 Å². The lowest BCUT2D eigenvalue weighted by Gasteiger charge is -2.43. The minimum absolute atomic E-state index is 0.0440. The maximum atomic E-state index is 12.7. The number of allylic oxidation sites excluding steroid dienone is 1. The van der Waals surface area contributed by atoms with E-state index < -0.39 is 5.91 Å². The fraction of sp³-hybridized carbons (Fsp3) is 0.308. The number of anilines is 2. The van der Waals surface area contributed by atoms with Gasteiger partial charge in [0.2, 0.25) is 0 Å². The van der Waals surface area contributed by atoms with Crippen LogP contribution in [0.1, 0.15) is 50.8 Å². The van der Waals surface area contributed by atoms with Crippen molar-refractivity contribution in [3.05, 3.63) is 69.8 Å². The number of carbonyl (C=O) groups is 1. The average molecular weight is 434 g/mol. The monoisotopic (exact) mass is 433 g/mol. The van der Waals surface area contributed by atoms with E-state index >= 15 is 0 Å². The van der Waals surface area contributed by atoms with Gasteiger partial charge in [0.25, 0.3) is 5.91 Å². The molecule has 0 spiro atoms. The first-order valence-electron chi connectivity index (χ1n) is 10.5. The van der Waals surface area contributed by atoms with Crippen molar-refractivity contribution in [2.24, 2.45) is 0 Å². The second-order valence-corrected chi connectivity index (χ2v) is 8.93. The van der Waals surface area contributed by atoms with E-state index in [2.05, 4.69) is 50.1 Å². The smallest absolute Gasteiger partial charge is 0.266 e. The number of nitrogens with zero attached hydrogens (tertiary/aromatic N) is 2. The van der Waals surface area contributed by atoms with Crippen molar-refractivity contribution in [1.82, 2.24) is 0 Å². The molecule has 2 aromatic carbocycles. The summed E-state index contributed by atoms with van der Waals surface area (Å²) in [4.78, 5) is 15.1. The van der Waals surface area contributed by atoms with Gasteiger partial charge in [0.1, 0.15) is 11.6 Å². The Bertz CT molecular complexity index is 1120. The maximum Gasteiger partial charge on any atom is 0.266 e.